The number of hydrogen-bond acceptors (Lipinski definition) is 3. The van der Waals surface area contributed by atoms with Gasteiger partial charge in [0.15, 0.2) is 5.96 Å². The maximum absolute atomic E-state index is 11.7. The number of nitrogens with one attached hydrogen (secondary N) is 2. The van der Waals surface area contributed by atoms with E-state index in [0.717, 1.165) is 44.2 Å². The summed E-state index contributed by atoms with van der Waals surface area (Å²) < 4.78 is 0. The van der Waals surface area contributed by atoms with Gasteiger partial charge in [0.05, 0.1) is 6.54 Å². The summed E-state index contributed by atoms with van der Waals surface area (Å²) >= 11 is 0. The smallest absolute Gasteiger partial charge is 0.251 e. The molecule has 0 saturated carbocycles. The van der Waals surface area contributed by atoms with Crippen LogP contribution in [0.5, 0.6) is 0 Å². The molecule has 0 aromatic heterocycles. The van der Waals surface area contributed by atoms with Crippen LogP contribution in [-0.2, 0) is 6.54 Å². The summed E-state index contributed by atoms with van der Waals surface area (Å²) in [6.45, 7) is 11.7. The van der Waals surface area contributed by atoms with Gasteiger partial charge in [0, 0.05) is 51.0 Å². The Bertz CT molecular complexity index is 889. The standard InChI is InChI=1S/C24H33N5O.HI/c1-5-26-24(27-17-20-9-11-21(12-10-20)23(30)25-4)29-15-13-28(14-16-29)22-8-6-7-18(2)19(22)3;/h6-12H,5,13-17H2,1-4H3,(H,25,30)(H,26,27);1H. The third kappa shape index (κ3) is 6.35. The molecule has 1 fully saturated rings. The Balaban J connectivity index is 0.00000341. The molecule has 7 heteroatoms. The van der Waals surface area contributed by atoms with E-state index in [1.54, 1.807) is 7.05 Å². The molecule has 2 N–H and O–H groups in total. The molecule has 1 aliphatic heterocycles. The maximum atomic E-state index is 11.7. The average Bonchev–Trinajstić information content (AvgIpc) is 2.78. The molecule has 1 heterocycles. The normalized spacial score (nSPS) is 14.1. The van der Waals surface area contributed by atoms with E-state index in [1.807, 2.05) is 24.3 Å². The summed E-state index contributed by atoms with van der Waals surface area (Å²) in [4.78, 5) is 21.3. The first-order valence-electron chi connectivity index (χ1n) is 10.7. The highest BCUT2D eigenvalue weighted by Crippen LogP contribution is 2.23. The SMILES string of the molecule is CCNC(=NCc1ccc(C(=O)NC)cc1)N1CCN(c2cccc(C)c2C)CC1.I. The lowest BCUT2D eigenvalue weighted by atomic mass is 10.1. The predicted molar refractivity (Wildman–Crippen MR) is 140 cm³/mol. The maximum Gasteiger partial charge on any atom is 0.251 e. The molecule has 6 nitrogen and oxygen atoms in total. The van der Waals surface area contributed by atoms with Crippen LogP contribution in [0.15, 0.2) is 47.5 Å². The van der Waals surface area contributed by atoms with Gasteiger partial charge in [0.2, 0.25) is 0 Å². The predicted octanol–water partition coefficient (Wildman–Crippen LogP) is 3.57. The number of aryl methyl sites for hydroxylation is 1. The molecule has 31 heavy (non-hydrogen) atoms. The zero-order valence-corrected chi connectivity index (χ0v) is 21.3. The molecule has 0 atom stereocenters. The van der Waals surface area contributed by atoms with Gasteiger partial charge in [0.1, 0.15) is 0 Å². The summed E-state index contributed by atoms with van der Waals surface area (Å²) in [6, 6.07) is 14.2. The van der Waals surface area contributed by atoms with Crippen LogP contribution in [0.1, 0.15) is 34.0 Å². The summed E-state index contributed by atoms with van der Waals surface area (Å²) in [5.41, 5.74) is 5.80. The molecule has 2 aromatic carbocycles. The number of benzene rings is 2. The number of amides is 1. The minimum absolute atomic E-state index is 0. The van der Waals surface area contributed by atoms with Crippen molar-refractivity contribution >= 4 is 41.5 Å². The van der Waals surface area contributed by atoms with Crippen molar-refractivity contribution in [2.24, 2.45) is 4.99 Å². The van der Waals surface area contributed by atoms with E-state index >= 15 is 0 Å². The molecule has 1 aliphatic rings. The van der Waals surface area contributed by atoms with Gasteiger partial charge in [-0.2, -0.15) is 0 Å². The summed E-state index contributed by atoms with van der Waals surface area (Å²) in [6.07, 6.45) is 0. The lowest BCUT2D eigenvalue weighted by molar-refractivity contribution is 0.0963. The Kier molecular flexibility index (Phi) is 9.61. The van der Waals surface area contributed by atoms with Gasteiger partial charge >= 0.3 is 0 Å². The van der Waals surface area contributed by atoms with E-state index in [2.05, 4.69) is 59.4 Å². The lowest BCUT2D eigenvalue weighted by Crippen LogP contribution is -2.52. The topological polar surface area (TPSA) is 60.0 Å². The summed E-state index contributed by atoms with van der Waals surface area (Å²) in [5.74, 6) is 0.883. The average molecular weight is 535 g/mol. The van der Waals surface area contributed by atoms with Crippen LogP contribution in [0.2, 0.25) is 0 Å². The Morgan fingerprint density at radius 1 is 1.03 bits per heavy atom. The Morgan fingerprint density at radius 3 is 2.32 bits per heavy atom. The highest BCUT2D eigenvalue weighted by molar-refractivity contribution is 14.0. The second-order valence-electron chi connectivity index (χ2n) is 7.64. The molecule has 3 rings (SSSR count). The zero-order valence-electron chi connectivity index (χ0n) is 18.9. The first kappa shape index (κ1) is 25.0. The van der Waals surface area contributed by atoms with E-state index < -0.39 is 0 Å². The first-order valence-corrected chi connectivity index (χ1v) is 10.7. The van der Waals surface area contributed by atoms with Gasteiger partial charge < -0.3 is 20.4 Å². The second-order valence-corrected chi connectivity index (χ2v) is 7.64. The van der Waals surface area contributed by atoms with E-state index in [0.29, 0.717) is 12.1 Å². The van der Waals surface area contributed by atoms with Gasteiger partial charge in [-0.3, -0.25) is 4.79 Å². The molecule has 0 aliphatic carbocycles. The van der Waals surface area contributed by atoms with Gasteiger partial charge in [-0.05, 0) is 55.7 Å². The van der Waals surface area contributed by atoms with E-state index in [1.165, 1.54) is 16.8 Å². The largest absolute Gasteiger partial charge is 0.368 e. The Morgan fingerprint density at radius 2 is 1.71 bits per heavy atom. The number of hydrogen-bond donors (Lipinski definition) is 2. The summed E-state index contributed by atoms with van der Waals surface area (Å²) in [7, 11) is 1.64. The van der Waals surface area contributed by atoms with E-state index in [9.17, 15) is 4.79 Å². The number of nitrogens with zero attached hydrogens (tertiary/aromatic N) is 3. The van der Waals surface area contributed by atoms with Crippen molar-refractivity contribution in [2.75, 3.05) is 44.7 Å². The third-order valence-corrected chi connectivity index (χ3v) is 5.69. The van der Waals surface area contributed by atoms with Crippen LogP contribution < -0.4 is 15.5 Å². The van der Waals surface area contributed by atoms with Crippen LogP contribution in [0.3, 0.4) is 0 Å². The quantitative estimate of drug-likeness (QED) is 0.349. The Labute approximate surface area is 203 Å². The number of anilines is 1. The third-order valence-electron chi connectivity index (χ3n) is 5.69. The molecule has 2 aromatic rings. The monoisotopic (exact) mass is 535 g/mol. The molecule has 1 amide bonds. The number of carbonyl (C=O) groups excluding carboxylic acids is 1. The van der Waals surface area contributed by atoms with Gasteiger partial charge in [-0.15, -0.1) is 24.0 Å². The van der Waals surface area contributed by atoms with Gasteiger partial charge in [0.25, 0.3) is 5.91 Å². The lowest BCUT2D eigenvalue weighted by Gasteiger charge is -2.38. The molecule has 168 valence electrons. The van der Waals surface area contributed by atoms with Crippen LogP contribution in [-0.4, -0.2) is 56.5 Å². The zero-order chi connectivity index (χ0) is 21.5. The van der Waals surface area contributed by atoms with E-state index in [-0.39, 0.29) is 29.9 Å². The second kappa shape index (κ2) is 11.9. The first-order chi connectivity index (χ1) is 14.5. The molecular weight excluding hydrogens is 501 g/mol. The van der Waals surface area contributed by atoms with Crippen molar-refractivity contribution in [3.63, 3.8) is 0 Å². The number of piperazine rings is 1. The van der Waals surface area contributed by atoms with Crippen LogP contribution in [0.4, 0.5) is 5.69 Å². The number of rotatable bonds is 5. The van der Waals surface area contributed by atoms with Gasteiger partial charge in [-0.1, -0.05) is 24.3 Å². The van der Waals surface area contributed by atoms with Gasteiger partial charge in [-0.25, -0.2) is 4.99 Å². The molecule has 0 bridgehead atoms. The van der Waals surface area contributed by atoms with Crippen molar-refractivity contribution in [3.8, 4) is 0 Å². The number of halogens is 1. The molecule has 0 spiro atoms. The molecular formula is C24H34IN5O. The minimum atomic E-state index is -0.0693. The van der Waals surface area contributed by atoms with Crippen molar-refractivity contribution < 1.29 is 4.79 Å². The van der Waals surface area contributed by atoms with Crippen molar-refractivity contribution in [1.82, 2.24) is 15.5 Å². The van der Waals surface area contributed by atoms with Crippen molar-refractivity contribution in [1.29, 1.82) is 0 Å². The van der Waals surface area contributed by atoms with E-state index in [4.69, 9.17) is 4.99 Å². The number of aliphatic imine (C=N–C) groups is 1. The van der Waals surface area contributed by atoms with Crippen molar-refractivity contribution in [2.45, 2.75) is 27.3 Å². The summed E-state index contributed by atoms with van der Waals surface area (Å²) in [5, 5.41) is 6.08. The number of guanidine groups is 1. The highest BCUT2D eigenvalue weighted by Gasteiger charge is 2.21. The molecule has 1 saturated heterocycles. The number of carbonyl (C=O) groups is 1. The Hall–Kier alpha value is -2.29. The molecule has 0 radical (unpaired) electrons. The fraction of sp³-hybridized carbons (Fsp3) is 0.417. The van der Waals surface area contributed by atoms with Crippen molar-refractivity contribution in [3.05, 3.63) is 64.7 Å². The highest BCUT2D eigenvalue weighted by atomic mass is 127. The van der Waals surface area contributed by atoms with Crippen LogP contribution in [0.25, 0.3) is 0 Å². The molecule has 0 unspecified atom stereocenters. The van der Waals surface area contributed by atoms with Crippen LogP contribution >= 0.6 is 24.0 Å². The fourth-order valence-corrected chi connectivity index (χ4v) is 3.74. The minimum Gasteiger partial charge on any atom is -0.368 e. The van der Waals surface area contributed by atoms with Crippen LogP contribution in [0, 0.1) is 13.8 Å². The fourth-order valence-electron chi connectivity index (χ4n) is 3.74.